The van der Waals surface area contributed by atoms with E-state index in [2.05, 4.69) is 5.32 Å². The molecule has 1 spiro atoms. The van der Waals surface area contributed by atoms with E-state index in [4.69, 9.17) is 9.47 Å². The lowest BCUT2D eigenvalue weighted by Crippen LogP contribution is -2.38. The van der Waals surface area contributed by atoms with Crippen molar-refractivity contribution in [2.45, 2.75) is 11.8 Å². The number of amides is 1. The maximum absolute atomic E-state index is 12.9. The van der Waals surface area contributed by atoms with Gasteiger partial charge in [-0.05, 0) is 29.4 Å². The van der Waals surface area contributed by atoms with E-state index < -0.39 is 5.41 Å². The lowest BCUT2D eigenvalue weighted by Gasteiger charge is -2.34. The standard InChI is InChI=1S/C19H13NO3/c21-18-19(13-5-1-2-6-15(13)20-18)7-9-23-17-11-16-12(10-14(17)19)4-3-8-22-16/h1-9,11H,10H2,(H,20,21). The number of rotatable bonds is 0. The summed E-state index contributed by atoms with van der Waals surface area (Å²) in [7, 11) is 0. The Morgan fingerprint density at radius 2 is 2.04 bits per heavy atom. The molecule has 1 N–H and O–H groups in total. The van der Waals surface area contributed by atoms with E-state index in [-0.39, 0.29) is 5.91 Å². The van der Waals surface area contributed by atoms with Crippen LogP contribution < -0.4 is 5.32 Å². The minimum absolute atomic E-state index is 0.0320. The smallest absolute Gasteiger partial charge is 0.243 e. The van der Waals surface area contributed by atoms with Crippen LogP contribution in [0.4, 0.5) is 5.69 Å². The Morgan fingerprint density at radius 1 is 1.13 bits per heavy atom. The van der Waals surface area contributed by atoms with Crippen LogP contribution in [0.15, 0.2) is 83.8 Å². The molecule has 23 heavy (non-hydrogen) atoms. The summed E-state index contributed by atoms with van der Waals surface area (Å²) in [6, 6.07) is 7.82. The van der Waals surface area contributed by atoms with Crippen molar-refractivity contribution >= 4 is 11.6 Å². The Bertz CT molecular complexity index is 901. The van der Waals surface area contributed by atoms with E-state index in [1.54, 1.807) is 12.5 Å². The number of ether oxygens (including phenoxy) is 2. The molecule has 4 aliphatic rings. The fourth-order valence-electron chi connectivity index (χ4n) is 3.68. The van der Waals surface area contributed by atoms with Gasteiger partial charge in [-0.2, -0.15) is 0 Å². The van der Waals surface area contributed by atoms with Crippen molar-refractivity contribution in [1.82, 2.24) is 0 Å². The van der Waals surface area contributed by atoms with Gasteiger partial charge in [0.15, 0.2) is 0 Å². The van der Waals surface area contributed by atoms with Gasteiger partial charge in [0.05, 0.1) is 12.5 Å². The highest BCUT2D eigenvalue weighted by atomic mass is 16.5. The fraction of sp³-hybridized carbons (Fsp3) is 0.105. The largest absolute Gasteiger partial charge is 0.465 e. The molecule has 0 fully saturated rings. The van der Waals surface area contributed by atoms with Gasteiger partial charge in [0.2, 0.25) is 5.91 Å². The predicted molar refractivity (Wildman–Crippen MR) is 85.0 cm³/mol. The molecular weight excluding hydrogens is 290 g/mol. The highest BCUT2D eigenvalue weighted by Crippen LogP contribution is 2.51. The molecule has 112 valence electrons. The van der Waals surface area contributed by atoms with Gasteiger partial charge in [-0.3, -0.25) is 4.79 Å². The minimum atomic E-state index is -0.797. The number of hydrogen-bond donors (Lipinski definition) is 1. The number of carbonyl (C=O) groups excluding carboxylic acids is 1. The van der Waals surface area contributed by atoms with Crippen molar-refractivity contribution in [1.29, 1.82) is 0 Å². The molecule has 1 aliphatic carbocycles. The van der Waals surface area contributed by atoms with Crippen molar-refractivity contribution < 1.29 is 14.3 Å². The first-order chi connectivity index (χ1) is 11.3. The second kappa shape index (κ2) is 4.26. The summed E-state index contributed by atoms with van der Waals surface area (Å²) in [4.78, 5) is 12.9. The molecule has 1 aromatic rings. The summed E-state index contributed by atoms with van der Waals surface area (Å²) >= 11 is 0. The first-order valence-electron chi connectivity index (χ1n) is 7.52. The van der Waals surface area contributed by atoms with E-state index in [1.165, 1.54) is 0 Å². The van der Waals surface area contributed by atoms with Crippen LogP contribution in [-0.2, 0) is 19.7 Å². The van der Waals surface area contributed by atoms with E-state index in [1.807, 2.05) is 48.6 Å². The predicted octanol–water partition coefficient (Wildman–Crippen LogP) is 3.43. The molecule has 0 saturated heterocycles. The highest BCUT2D eigenvalue weighted by molar-refractivity contribution is 6.10. The second-order valence-corrected chi connectivity index (χ2v) is 5.89. The summed E-state index contributed by atoms with van der Waals surface area (Å²) in [6.07, 6.45) is 11.5. The van der Waals surface area contributed by atoms with Crippen molar-refractivity contribution in [3.05, 3.63) is 89.3 Å². The third kappa shape index (κ3) is 1.52. The Balaban J connectivity index is 1.74. The Morgan fingerprint density at radius 3 is 3.00 bits per heavy atom. The van der Waals surface area contributed by atoms with Gasteiger partial charge in [0.1, 0.15) is 16.9 Å². The van der Waals surface area contributed by atoms with Crippen LogP contribution in [0.5, 0.6) is 0 Å². The molecule has 1 amide bonds. The van der Waals surface area contributed by atoms with Crippen molar-refractivity contribution in [2.24, 2.45) is 0 Å². The average Bonchev–Trinajstić information content (AvgIpc) is 2.87. The van der Waals surface area contributed by atoms with Crippen LogP contribution in [0.3, 0.4) is 0 Å². The Hall–Kier alpha value is -3.01. The van der Waals surface area contributed by atoms with Gasteiger partial charge >= 0.3 is 0 Å². The Kier molecular flexibility index (Phi) is 2.32. The number of allylic oxidation sites excluding steroid dienone is 4. The molecule has 1 aromatic carbocycles. The average molecular weight is 303 g/mol. The third-order valence-electron chi connectivity index (χ3n) is 4.76. The summed E-state index contributed by atoms with van der Waals surface area (Å²) < 4.78 is 11.2. The maximum atomic E-state index is 12.9. The monoisotopic (exact) mass is 303 g/mol. The molecule has 1 unspecified atom stereocenters. The van der Waals surface area contributed by atoms with Crippen molar-refractivity contribution in [3.63, 3.8) is 0 Å². The molecule has 3 aliphatic heterocycles. The van der Waals surface area contributed by atoms with Crippen LogP contribution >= 0.6 is 0 Å². The SMILES string of the molecule is O=C1Nc2ccccc2C12C=COC1=C2CC2=CC=COC2=C1. The zero-order chi connectivity index (χ0) is 15.4. The van der Waals surface area contributed by atoms with Gasteiger partial charge in [0, 0.05) is 23.8 Å². The van der Waals surface area contributed by atoms with Crippen LogP contribution in [0.2, 0.25) is 0 Å². The number of hydrogen-bond acceptors (Lipinski definition) is 3. The first kappa shape index (κ1) is 12.5. The quantitative estimate of drug-likeness (QED) is 0.798. The topological polar surface area (TPSA) is 47.6 Å². The molecule has 1 atom stereocenters. The summed E-state index contributed by atoms with van der Waals surface area (Å²) in [6.45, 7) is 0. The molecule has 5 rings (SSSR count). The minimum Gasteiger partial charge on any atom is -0.465 e. The van der Waals surface area contributed by atoms with Gasteiger partial charge in [-0.15, -0.1) is 0 Å². The molecule has 0 bridgehead atoms. The van der Waals surface area contributed by atoms with Gasteiger partial charge in [-0.25, -0.2) is 0 Å². The molecule has 3 heterocycles. The number of para-hydroxylation sites is 1. The number of carbonyl (C=O) groups is 1. The molecule has 0 radical (unpaired) electrons. The lowest BCUT2D eigenvalue weighted by molar-refractivity contribution is -0.118. The second-order valence-electron chi connectivity index (χ2n) is 5.89. The Labute approximate surface area is 133 Å². The number of fused-ring (bicyclic) bond motifs is 4. The zero-order valence-electron chi connectivity index (χ0n) is 12.2. The van der Waals surface area contributed by atoms with Crippen LogP contribution in [0, 0.1) is 0 Å². The number of anilines is 1. The van der Waals surface area contributed by atoms with E-state index in [0.29, 0.717) is 12.2 Å². The molecule has 4 nitrogen and oxygen atoms in total. The van der Waals surface area contributed by atoms with Crippen LogP contribution in [0.1, 0.15) is 12.0 Å². The maximum Gasteiger partial charge on any atom is 0.243 e. The van der Waals surface area contributed by atoms with Crippen molar-refractivity contribution in [2.75, 3.05) is 5.32 Å². The molecule has 0 aromatic heterocycles. The lowest BCUT2D eigenvalue weighted by atomic mass is 9.70. The first-order valence-corrected chi connectivity index (χ1v) is 7.52. The van der Waals surface area contributed by atoms with E-state index in [0.717, 1.165) is 28.2 Å². The highest BCUT2D eigenvalue weighted by Gasteiger charge is 2.51. The van der Waals surface area contributed by atoms with Gasteiger partial charge in [-0.1, -0.05) is 24.3 Å². The summed E-state index contributed by atoms with van der Waals surface area (Å²) in [5, 5.41) is 3.00. The van der Waals surface area contributed by atoms with Crippen LogP contribution in [-0.4, -0.2) is 5.91 Å². The van der Waals surface area contributed by atoms with Crippen LogP contribution in [0.25, 0.3) is 0 Å². The van der Waals surface area contributed by atoms with Crippen molar-refractivity contribution in [3.8, 4) is 0 Å². The molecular formula is C19H13NO3. The number of benzene rings is 1. The zero-order valence-corrected chi connectivity index (χ0v) is 12.2. The van der Waals surface area contributed by atoms with Gasteiger partial charge in [0.25, 0.3) is 0 Å². The molecule has 4 heteroatoms. The van der Waals surface area contributed by atoms with E-state index in [9.17, 15) is 4.79 Å². The van der Waals surface area contributed by atoms with E-state index >= 15 is 0 Å². The fourth-order valence-corrected chi connectivity index (χ4v) is 3.68. The summed E-state index contributed by atoms with van der Waals surface area (Å²) in [5.74, 6) is 1.45. The summed E-state index contributed by atoms with van der Waals surface area (Å²) in [5.41, 5.74) is 3.05. The number of nitrogens with one attached hydrogen (secondary N) is 1. The third-order valence-corrected chi connectivity index (χ3v) is 4.76. The molecule has 0 saturated carbocycles. The normalized spacial score (nSPS) is 26.5. The van der Waals surface area contributed by atoms with Gasteiger partial charge < -0.3 is 14.8 Å².